The summed E-state index contributed by atoms with van der Waals surface area (Å²) in [7, 11) is -2.94. The summed E-state index contributed by atoms with van der Waals surface area (Å²) in [6, 6.07) is 4.66. The van der Waals surface area contributed by atoms with Crippen LogP contribution < -0.4 is 0 Å². The van der Waals surface area contributed by atoms with Crippen molar-refractivity contribution in [3.8, 4) is 0 Å². The Balaban J connectivity index is 1.85. The van der Waals surface area contributed by atoms with Gasteiger partial charge < -0.3 is 0 Å². The lowest BCUT2D eigenvalue weighted by molar-refractivity contribution is -0.384. The number of nitrogens with zero attached hydrogens (tertiary/aromatic N) is 4. The quantitative estimate of drug-likeness (QED) is 0.581. The summed E-state index contributed by atoms with van der Waals surface area (Å²) in [5.41, 5.74) is 0.844. The van der Waals surface area contributed by atoms with Gasteiger partial charge in [-0.15, -0.1) is 0 Å². The Morgan fingerprint density at radius 2 is 2.25 bits per heavy atom. The summed E-state index contributed by atoms with van der Waals surface area (Å²) in [6.45, 7) is 3.32. The molecule has 8 nitrogen and oxygen atoms in total. The molecule has 9 heteroatoms. The second kappa shape index (κ2) is 6.48. The highest BCUT2D eigenvalue weighted by Gasteiger charge is 2.32. The van der Waals surface area contributed by atoms with Crippen LogP contribution in [0.5, 0.6) is 0 Å². The van der Waals surface area contributed by atoms with Gasteiger partial charge in [0.15, 0.2) is 9.84 Å². The van der Waals surface area contributed by atoms with Gasteiger partial charge in [-0.1, -0.05) is 6.92 Å². The molecule has 0 bridgehead atoms. The van der Waals surface area contributed by atoms with Gasteiger partial charge in [-0.25, -0.2) is 8.42 Å². The van der Waals surface area contributed by atoms with E-state index in [9.17, 15) is 18.5 Å². The van der Waals surface area contributed by atoms with Crippen molar-refractivity contribution >= 4 is 26.4 Å². The first-order valence-electron chi connectivity index (χ1n) is 7.94. The molecule has 1 aromatic carbocycles. The summed E-state index contributed by atoms with van der Waals surface area (Å²) in [4.78, 5) is 12.6. The molecule has 1 aliphatic rings. The monoisotopic (exact) mass is 352 g/mol. The van der Waals surface area contributed by atoms with Crippen LogP contribution in [-0.2, 0) is 16.5 Å². The van der Waals surface area contributed by atoms with Gasteiger partial charge in [0.05, 0.1) is 34.8 Å². The molecule has 1 aromatic heterocycles. The van der Waals surface area contributed by atoms with E-state index in [0.29, 0.717) is 18.5 Å². The highest BCUT2D eigenvalue weighted by molar-refractivity contribution is 7.91. The maximum absolute atomic E-state index is 11.8. The van der Waals surface area contributed by atoms with Crippen LogP contribution in [-0.4, -0.2) is 52.1 Å². The fourth-order valence-electron chi connectivity index (χ4n) is 3.19. The van der Waals surface area contributed by atoms with E-state index < -0.39 is 14.8 Å². The van der Waals surface area contributed by atoms with E-state index in [1.807, 2.05) is 0 Å². The van der Waals surface area contributed by atoms with Crippen molar-refractivity contribution in [3.63, 3.8) is 0 Å². The molecular weight excluding hydrogens is 332 g/mol. The molecule has 0 N–H and O–H groups in total. The van der Waals surface area contributed by atoms with E-state index in [0.717, 1.165) is 18.5 Å². The lowest BCUT2D eigenvalue weighted by Gasteiger charge is -2.27. The van der Waals surface area contributed by atoms with Crippen LogP contribution in [0.4, 0.5) is 5.69 Å². The minimum absolute atomic E-state index is 0.00671. The van der Waals surface area contributed by atoms with E-state index in [4.69, 9.17) is 0 Å². The number of benzene rings is 1. The zero-order chi connectivity index (χ0) is 17.3. The largest absolute Gasteiger partial charge is 0.280 e. The first-order valence-corrected chi connectivity index (χ1v) is 9.76. The molecule has 0 spiro atoms. The molecular formula is C15H20N4O4S. The Hall–Kier alpha value is -2.00. The Kier molecular flexibility index (Phi) is 4.55. The van der Waals surface area contributed by atoms with Crippen molar-refractivity contribution in [3.05, 3.63) is 34.5 Å². The van der Waals surface area contributed by atoms with Gasteiger partial charge in [0, 0.05) is 23.6 Å². The zero-order valence-electron chi connectivity index (χ0n) is 13.5. The van der Waals surface area contributed by atoms with Gasteiger partial charge in [0.2, 0.25) is 0 Å². The summed E-state index contributed by atoms with van der Waals surface area (Å²) < 4.78 is 25.3. The molecule has 24 heavy (non-hydrogen) atoms. The lowest BCUT2D eigenvalue weighted by Crippen LogP contribution is -2.38. The van der Waals surface area contributed by atoms with Gasteiger partial charge >= 0.3 is 0 Å². The predicted molar refractivity (Wildman–Crippen MR) is 90.4 cm³/mol. The van der Waals surface area contributed by atoms with Crippen molar-refractivity contribution in [2.24, 2.45) is 0 Å². The second-order valence-electron chi connectivity index (χ2n) is 6.15. The van der Waals surface area contributed by atoms with E-state index >= 15 is 0 Å². The van der Waals surface area contributed by atoms with Gasteiger partial charge in [0.1, 0.15) is 0 Å². The average Bonchev–Trinajstić information content (AvgIpc) is 3.09. The molecule has 0 amide bonds. The Morgan fingerprint density at radius 3 is 2.88 bits per heavy atom. The molecule has 2 aromatic rings. The highest BCUT2D eigenvalue weighted by Crippen LogP contribution is 2.23. The first kappa shape index (κ1) is 16.8. The fourth-order valence-corrected chi connectivity index (χ4v) is 4.95. The van der Waals surface area contributed by atoms with Crippen LogP contribution in [0.2, 0.25) is 0 Å². The number of aromatic nitrogens is 2. The molecule has 2 heterocycles. The molecule has 0 radical (unpaired) electrons. The number of nitro benzene ring substituents is 1. The number of hydrogen-bond acceptors (Lipinski definition) is 6. The number of non-ortho nitro benzene ring substituents is 1. The average molecular weight is 352 g/mol. The lowest BCUT2D eigenvalue weighted by atomic mass is 10.2. The minimum Gasteiger partial charge on any atom is -0.280 e. The van der Waals surface area contributed by atoms with Gasteiger partial charge in [-0.05, 0) is 25.5 Å². The second-order valence-corrected chi connectivity index (χ2v) is 8.38. The molecule has 1 saturated heterocycles. The van der Waals surface area contributed by atoms with Crippen LogP contribution in [0.25, 0.3) is 10.9 Å². The van der Waals surface area contributed by atoms with Crippen LogP contribution in [0, 0.1) is 10.1 Å². The molecule has 1 unspecified atom stereocenters. The van der Waals surface area contributed by atoms with Crippen LogP contribution in [0.3, 0.4) is 0 Å². The standard InChI is InChI=1S/C15H20N4O4S/c1-2-6-17(14-5-7-24(22,23)10-14)11-18-15-4-3-13(19(20)21)8-12(15)9-16-18/h3-4,8-9,14H,2,5-7,10-11H2,1H3. The van der Waals surface area contributed by atoms with Crippen molar-refractivity contribution in [1.82, 2.24) is 14.7 Å². The third-order valence-corrected chi connectivity index (χ3v) is 6.14. The van der Waals surface area contributed by atoms with Crippen LogP contribution >= 0.6 is 0 Å². The molecule has 1 atom stereocenters. The summed E-state index contributed by atoms with van der Waals surface area (Å²) in [5, 5.41) is 15.9. The van der Waals surface area contributed by atoms with E-state index in [-0.39, 0.29) is 23.2 Å². The van der Waals surface area contributed by atoms with E-state index in [1.54, 1.807) is 16.9 Å². The van der Waals surface area contributed by atoms with Gasteiger partial charge in [-0.2, -0.15) is 5.10 Å². The Labute approximate surface area is 140 Å². The zero-order valence-corrected chi connectivity index (χ0v) is 14.3. The van der Waals surface area contributed by atoms with Crippen molar-refractivity contribution in [2.45, 2.75) is 32.5 Å². The predicted octanol–water partition coefficient (Wildman–Crippen LogP) is 1.80. The molecule has 130 valence electrons. The van der Waals surface area contributed by atoms with Crippen molar-refractivity contribution < 1.29 is 13.3 Å². The molecule has 0 aliphatic carbocycles. The third kappa shape index (κ3) is 3.41. The third-order valence-electron chi connectivity index (χ3n) is 4.39. The van der Waals surface area contributed by atoms with Gasteiger partial charge in [-0.3, -0.25) is 19.7 Å². The minimum atomic E-state index is -2.94. The van der Waals surface area contributed by atoms with E-state index in [1.165, 1.54) is 12.1 Å². The first-order chi connectivity index (χ1) is 11.4. The molecule has 1 aliphatic heterocycles. The molecule has 1 fully saturated rings. The van der Waals surface area contributed by atoms with Crippen LogP contribution in [0.15, 0.2) is 24.4 Å². The topological polar surface area (TPSA) is 98.3 Å². The maximum atomic E-state index is 11.8. The molecule has 3 rings (SSSR count). The summed E-state index contributed by atoms with van der Waals surface area (Å²) >= 11 is 0. The number of fused-ring (bicyclic) bond motifs is 1. The summed E-state index contributed by atoms with van der Waals surface area (Å²) in [6.07, 6.45) is 3.17. The Morgan fingerprint density at radius 1 is 1.46 bits per heavy atom. The fraction of sp³-hybridized carbons (Fsp3) is 0.533. The molecule has 0 saturated carbocycles. The van der Waals surface area contributed by atoms with E-state index in [2.05, 4.69) is 16.9 Å². The maximum Gasteiger partial charge on any atom is 0.270 e. The number of sulfone groups is 1. The van der Waals surface area contributed by atoms with Crippen molar-refractivity contribution in [2.75, 3.05) is 18.1 Å². The smallest absolute Gasteiger partial charge is 0.270 e. The number of rotatable bonds is 6. The Bertz CT molecular complexity index is 861. The summed E-state index contributed by atoms with van der Waals surface area (Å²) in [5.74, 6) is 0.432. The number of hydrogen-bond donors (Lipinski definition) is 0. The number of nitro groups is 1. The highest BCUT2D eigenvalue weighted by atomic mass is 32.2. The SMILES string of the molecule is CCCN(Cn1ncc2cc([N+](=O)[O-])ccc21)C1CCS(=O)(=O)C1. The van der Waals surface area contributed by atoms with Crippen molar-refractivity contribution in [1.29, 1.82) is 0 Å². The normalized spacial score (nSPS) is 20.0. The van der Waals surface area contributed by atoms with Gasteiger partial charge in [0.25, 0.3) is 5.69 Å². The van der Waals surface area contributed by atoms with Crippen LogP contribution in [0.1, 0.15) is 19.8 Å².